The van der Waals surface area contributed by atoms with Crippen LogP contribution in [0.4, 0.5) is 0 Å². The molecule has 0 saturated carbocycles. The summed E-state index contributed by atoms with van der Waals surface area (Å²) in [5, 5.41) is 1.16. The molecule has 0 unspecified atom stereocenters. The van der Waals surface area contributed by atoms with Crippen LogP contribution < -0.4 is 4.74 Å². The molecule has 5 rings (SSSR count). The van der Waals surface area contributed by atoms with Crippen LogP contribution >= 0.6 is 0 Å². The van der Waals surface area contributed by atoms with E-state index in [1.165, 1.54) is 5.56 Å². The summed E-state index contributed by atoms with van der Waals surface area (Å²) in [5.74, 6) is 1.25. The van der Waals surface area contributed by atoms with Gasteiger partial charge in [-0.1, -0.05) is 24.3 Å². The van der Waals surface area contributed by atoms with Crippen molar-refractivity contribution in [2.75, 3.05) is 32.8 Å². The molecule has 0 N–H and O–H groups in total. The number of likely N-dealkylation sites (tertiary alicyclic amines) is 2. The largest absolute Gasteiger partial charge is 0.491 e. The Kier molecular flexibility index (Phi) is 6.74. The molecule has 0 radical (unpaired) electrons. The SMILES string of the molecule is O=C1CCCN1CCOc1ccccc1C(=O)N1CCC[C@@H](Cc2ccc3ncccc3c2)C1. The fraction of sp³-hybridized carbons (Fsp3) is 0.393. The van der Waals surface area contributed by atoms with E-state index in [2.05, 4.69) is 29.2 Å². The van der Waals surface area contributed by atoms with Crippen LogP contribution in [0.25, 0.3) is 10.9 Å². The predicted molar refractivity (Wildman–Crippen MR) is 132 cm³/mol. The number of aromatic nitrogens is 1. The summed E-state index contributed by atoms with van der Waals surface area (Å²) in [6.07, 6.45) is 6.45. The normalized spacial score (nSPS) is 18.5. The van der Waals surface area contributed by atoms with E-state index in [-0.39, 0.29) is 11.8 Å². The van der Waals surface area contributed by atoms with E-state index in [9.17, 15) is 9.59 Å². The molecule has 3 aromatic rings. The Morgan fingerprint density at radius 2 is 1.97 bits per heavy atom. The first-order chi connectivity index (χ1) is 16.7. The highest BCUT2D eigenvalue weighted by molar-refractivity contribution is 5.97. The Hall–Kier alpha value is -3.41. The number of para-hydroxylation sites is 1. The van der Waals surface area contributed by atoms with Gasteiger partial charge in [-0.25, -0.2) is 0 Å². The fourth-order valence-corrected chi connectivity index (χ4v) is 5.15. The second kappa shape index (κ2) is 10.2. The summed E-state index contributed by atoms with van der Waals surface area (Å²) in [6.45, 7) is 3.28. The van der Waals surface area contributed by atoms with Gasteiger partial charge >= 0.3 is 0 Å². The molecule has 2 aliphatic rings. The maximum Gasteiger partial charge on any atom is 0.257 e. The summed E-state index contributed by atoms with van der Waals surface area (Å²) in [6, 6.07) is 18.0. The predicted octanol–water partition coefficient (Wildman–Crippen LogP) is 4.33. The highest BCUT2D eigenvalue weighted by atomic mass is 16.5. The molecule has 176 valence electrons. The van der Waals surface area contributed by atoms with Crippen LogP contribution in [0.1, 0.15) is 41.6 Å². The molecular formula is C28H31N3O3. The number of hydrogen-bond acceptors (Lipinski definition) is 4. The van der Waals surface area contributed by atoms with Crippen molar-refractivity contribution in [1.82, 2.24) is 14.8 Å². The van der Waals surface area contributed by atoms with E-state index in [0.29, 0.717) is 36.8 Å². The third-order valence-electron chi connectivity index (χ3n) is 6.91. The molecule has 0 spiro atoms. The highest BCUT2D eigenvalue weighted by Gasteiger charge is 2.27. The first-order valence-corrected chi connectivity index (χ1v) is 12.3. The molecule has 34 heavy (non-hydrogen) atoms. The van der Waals surface area contributed by atoms with Gasteiger partial charge in [-0.15, -0.1) is 0 Å². The highest BCUT2D eigenvalue weighted by Crippen LogP contribution is 2.26. The van der Waals surface area contributed by atoms with Gasteiger partial charge in [-0.05, 0) is 67.5 Å². The molecule has 1 atom stereocenters. The lowest BCUT2D eigenvalue weighted by Crippen LogP contribution is -2.40. The number of amides is 2. The number of hydrogen-bond donors (Lipinski definition) is 0. The van der Waals surface area contributed by atoms with Gasteiger partial charge in [0.1, 0.15) is 12.4 Å². The van der Waals surface area contributed by atoms with Gasteiger partial charge in [-0.2, -0.15) is 0 Å². The van der Waals surface area contributed by atoms with Crippen LogP contribution in [0, 0.1) is 5.92 Å². The molecule has 6 nitrogen and oxygen atoms in total. The zero-order valence-corrected chi connectivity index (χ0v) is 19.5. The Bertz CT molecular complexity index is 1180. The zero-order valence-electron chi connectivity index (χ0n) is 19.5. The number of carbonyl (C=O) groups excluding carboxylic acids is 2. The van der Waals surface area contributed by atoms with E-state index in [0.717, 1.165) is 56.2 Å². The summed E-state index contributed by atoms with van der Waals surface area (Å²) in [5.41, 5.74) is 2.91. The Labute approximate surface area is 200 Å². The molecule has 2 fully saturated rings. The number of ether oxygens (including phenoxy) is 1. The van der Waals surface area contributed by atoms with Crippen LogP contribution in [-0.2, 0) is 11.2 Å². The molecule has 0 aliphatic carbocycles. The van der Waals surface area contributed by atoms with Gasteiger partial charge in [0.05, 0.1) is 17.6 Å². The Morgan fingerprint density at radius 3 is 2.85 bits per heavy atom. The number of benzene rings is 2. The smallest absolute Gasteiger partial charge is 0.257 e. The standard InChI is InChI=1S/C28H31N3O3/c32-27-10-5-14-30(27)16-17-34-26-9-2-1-8-24(26)28(33)31-15-4-6-22(20-31)18-21-11-12-25-23(19-21)7-3-13-29-25/h1-3,7-9,11-13,19,22H,4-6,10,14-18,20H2/t22-/m0/s1. The Balaban J connectivity index is 1.22. The van der Waals surface area contributed by atoms with Crippen LogP contribution in [-0.4, -0.2) is 59.4 Å². The molecule has 2 amide bonds. The molecule has 0 bridgehead atoms. The van der Waals surface area contributed by atoms with Crippen molar-refractivity contribution < 1.29 is 14.3 Å². The second-order valence-corrected chi connectivity index (χ2v) is 9.32. The fourth-order valence-electron chi connectivity index (χ4n) is 5.15. The average molecular weight is 458 g/mol. The number of rotatable bonds is 7. The number of fused-ring (bicyclic) bond motifs is 1. The summed E-state index contributed by atoms with van der Waals surface area (Å²) >= 11 is 0. The molecule has 2 aromatic carbocycles. The third kappa shape index (κ3) is 5.06. The van der Waals surface area contributed by atoms with Crippen molar-refractivity contribution in [3.05, 3.63) is 71.9 Å². The van der Waals surface area contributed by atoms with Gasteiger partial charge in [0.2, 0.25) is 5.91 Å². The molecule has 6 heteroatoms. The van der Waals surface area contributed by atoms with Gasteiger partial charge in [-0.3, -0.25) is 14.6 Å². The molecule has 3 heterocycles. The van der Waals surface area contributed by atoms with Crippen LogP contribution in [0.15, 0.2) is 60.8 Å². The molecule has 1 aromatic heterocycles. The second-order valence-electron chi connectivity index (χ2n) is 9.32. The molecule has 2 aliphatic heterocycles. The van der Waals surface area contributed by atoms with E-state index in [1.54, 1.807) is 0 Å². The monoisotopic (exact) mass is 457 g/mol. The number of nitrogens with zero attached hydrogens (tertiary/aromatic N) is 3. The van der Waals surface area contributed by atoms with Crippen molar-refractivity contribution in [3.8, 4) is 5.75 Å². The van der Waals surface area contributed by atoms with Crippen molar-refractivity contribution in [3.63, 3.8) is 0 Å². The van der Waals surface area contributed by atoms with Gasteiger partial charge in [0, 0.05) is 37.6 Å². The lowest BCUT2D eigenvalue weighted by Gasteiger charge is -2.33. The molecule has 2 saturated heterocycles. The van der Waals surface area contributed by atoms with E-state index in [1.807, 2.05) is 46.3 Å². The van der Waals surface area contributed by atoms with Crippen molar-refractivity contribution in [1.29, 1.82) is 0 Å². The summed E-state index contributed by atoms with van der Waals surface area (Å²) in [4.78, 5) is 33.5. The first-order valence-electron chi connectivity index (χ1n) is 12.3. The maximum absolute atomic E-state index is 13.4. The zero-order chi connectivity index (χ0) is 23.3. The minimum Gasteiger partial charge on any atom is -0.491 e. The van der Waals surface area contributed by atoms with Crippen molar-refractivity contribution in [2.24, 2.45) is 5.92 Å². The van der Waals surface area contributed by atoms with Crippen LogP contribution in [0.2, 0.25) is 0 Å². The van der Waals surface area contributed by atoms with Crippen LogP contribution in [0.3, 0.4) is 0 Å². The van der Waals surface area contributed by atoms with Crippen molar-refractivity contribution >= 4 is 22.7 Å². The number of piperidine rings is 1. The Morgan fingerprint density at radius 1 is 1.06 bits per heavy atom. The average Bonchev–Trinajstić information content (AvgIpc) is 3.28. The van der Waals surface area contributed by atoms with E-state index < -0.39 is 0 Å². The van der Waals surface area contributed by atoms with Gasteiger partial charge in [0.15, 0.2) is 0 Å². The third-order valence-corrected chi connectivity index (χ3v) is 6.91. The van der Waals surface area contributed by atoms with Gasteiger partial charge < -0.3 is 14.5 Å². The summed E-state index contributed by atoms with van der Waals surface area (Å²) < 4.78 is 5.98. The lowest BCUT2D eigenvalue weighted by atomic mass is 9.90. The van der Waals surface area contributed by atoms with Crippen LogP contribution in [0.5, 0.6) is 5.75 Å². The minimum atomic E-state index is 0.0280. The number of carbonyl (C=O) groups is 2. The number of pyridine rings is 1. The first kappa shape index (κ1) is 22.4. The quantitative estimate of drug-likeness (QED) is 0.530. The van der Waals surface area contributed by atoms with Gasteiger partial charge in [0.25, 0.3) is 5.91 Å². The molecular weight excluding hydrogens is 426 g/mol. The minimum absolute atomic E-state index is 0.0280. The topological polar surface area (TPSA) is 62.7 Å². The lowest BCUT2D eigenvalue weighted by molar-refractivity contribution is -0.128. The van der Waals surface area contributed by atoms with Crippen molar-refractivity contribution in [2.45, 2.75) is 32.1 Å². The maximum atomic E-state index is 13.4. The van der Waals surface area contributed by atoms with E-state index in [4.69, 9.17) is 4.74 Å². The van der Waals surface area contributed by atoms with E-state index >= 15 is 0 Å². The summed E-state index contributed by atoms with van der Waals surface area (Å²) in [7, 11) is 0.